The molecule has 2 heterocycles. The minimum absolute atomic E-state index is 0.138. The standard InChI is InChI=1S/C22H32N4O2/c1-16-12-18(3)22-19(13-16)17(2)14-20(24-22)26-9-7-25(8-10-26)15-21(27)23-6-5-11-28-4/h12-14H,5-11,15H2,1-4H3,(H,23,27)/p+2. The van der Waals surface area contributed by atoms with E-state index in [9.17, 15) is 4.79 Å². The fourth-order valence-electron chi connectivity index (χ4n) is 4.04. The first kappa shape index (κ1) is 20.6. The molecule has 3 rings (SSSR count). The number of benzene rings is 1. The zero-order chi connectivity index (χ0) is 20.1. The minimum Gasteiger partial charge on any atom is -0.385 e. The molecule has 2 aromatic rings. The number of fused-ring (bicyclic) bond motifs is 1. The molecule has 0 aliphatic carbocycles. The molecule has 0 spiro atoms. The Balaban J connectivity index is 1.58. The van der Waals surface area contributed by atoms with E-state index < -0.39 is 0 Å². The molecule has 28 heavy (non-hydrogen) atoms. The monoisotopic (exact) mass is 386 g/mol. The summed E-state index contributed by atoms with van der Waals surface area (Å²) in [5.74, 6) is 1.32. The Morgan fingerprint density at radius 1 is 1.18 bits per heavy atom. The number of ether oxygens (including phenoxy) is 1. The molecule has 6 heteroatoms. The van der Waals surface area contributed by atoms with E-state index in [0.29, 0.717) is 19.7 Å². The number of H-pyrrole nitrogens is 1. The quantitative estimate of drug-likeness (QED) is 0.679. The number of aromatic nitrogens is 1. The lowest BCUT2D eigenvalue weighted by molar-refractivity contribution is -0.892. The molecule has 1 amide bonds. The van der Waals surface area contributed by atoms with Crippen LogP contribution in [0.4, 0.5) is 5.82 Å². The molecule has 1 fully saturated rings. The maximum atomic E-state index is 12.1. The van der Waals surface area contributed by atoms with E-state index in [-0.39, 0.29) is 5.91 Å². The molecular weight excluding hydrogens is 352 g/mol. The van der Waals surface area contributed by atoms with Gasteiger partial charge in [0.1, 0.15) is 31.7 Å². The lowest BCUT2D eigenvalue weighted by Crippen LogP contribution is -3.16. The van der Waals surface area contributed by atoms with Crippen molar-refractivity contribution in [3.05, 3.63) is 34.9 Å². The molecule has 1 saturated heterocycles. The van der Waals surface area contributed by atoms with Gasteiger partial charge in [-0.25, -0.2) is 4.98 Å². The summed E-state index contributed by atoms with van der Waals surface area (Å²) in [6, 6.07) is 6.75. The van der Waals surface area contributed by atoms with Crippen LogP contribution in [0.15, 0.2) is 18.2 Å². The molecule has 152 valence electrons. The zero-order valence-corrected chi connectivity index (χ0v) is 17.7. The summed E-state index contributed by atoms with van der Waals surface area (Å²) in [5, 5.41) is 4.29. The number of amides is 1. The molecule has 1 aromatic carbocycles. The van der Waals surface area contributed by atoms with Crippen LogP contribution in [0, 0.1) is 20.8 Å². The minimum atomic E-state index is 0.138. The summed E-state index contributed by atoms with van der Waals surface area (Å²) >= 11 is 0. The summed E-state index contributed by atoms with van der Waals surface area (Å²) in [5.41, 5.74) is 5.12. The Bertz CT molecular complexity index is 829. The second kappa shape index (κ2) is 9.34. The number of anilines is 1. The number of hydrogen-bond acceptors (Lipinski definition) is 3. The molecule has 3 N–H and O–H groups in total. The van der Waals surface area contributed by atoms with Crippen molar-refractivity contribution in [1.29, 1.82) is 0 Å². The predicted molar refractivity (Wildman–Crippen MR) is 112 cm³/mol. The van der Waals surface area contributed by atoms with Crippen molar-refractivity contribution in [3.63, 3.8) is 0 Å². The number of pyridine rings is 1. The first-order valence-corrected chi connectivity index (χ1v) is 10.3. The van der Waals surface area contributed by atoms with E-state index in [1.165, 1.54) is 38.3 Å². The summed E-state index contributed by atoms with van der Waals surface area (Å²) in [7, 11) is 1.68. The van der Waals surface area contributed by atoms with Crippen LogP contribution in [-0.2, 0) is 9.53 Å². The van der Waals surface area contributed by atoms with Gasteiger partial charge in [-0.2, -0.15) is 0 Å². The van der Waals surface area contributed by atoms with Crippen molar-refractivity contribution in [1.82, 2.24) is 5.32 Å². The molecule has 6 nitrogen and oxygen atoms in total. The van der Waals surface area contributed by atoms with Crippen molar-refractivity contribution < 1.29 is 19.4 Å². The zero-order valence-electron chi connectivity index (χ0n) is 17.7. The van der Waals surface area contributed by atoms with Gasteiger partial charge in [-0.15, -0.1) is 0 Å². The van der Waals surface area contributed by atoms with Gasteiger partial charge in [0.2, 0.25) is 0 Å². The fraction of sp³-hybridized carbons (Fsp3) is 0.545. The third-order valence-electron chi connectivity index (χ3n) is 5.58. The topological polar surface area (TPSA) is 60.1 Å². The molecule has 0 atom stereocenters. The highest BCUT2D eigenvalue weighted by molar-refractivity contribution is 5.83. The van der Waals surface area contributed by atoms with Crippen LogP contribution >= 0.6 is 0 Å². The number of nitrogens with one attached hydrogen (secondary N) is 3. The third kappa shape index (κ3) is 5.00. The summed E-state index contributed by atoms with van der Waals surface area (Å²) in [6.07, 6.45) is 0.863. The number of nitrogens with zero attached hydrogens (tertiary/aromatic N) is 1. The first-order valence-electron chi connectivity index (χ1n) is 10.3. The van der Waals surface area contributed by atoms with Gasteiger partial charge in [-0.1, -0.05) is 6.07 Å². The van der Waals surface area contributed by atoms with Crippen LogP contribution in [0.3, 0.4) is 0 Å². The number of rotatable bonds is 7. The number of hydrogen-bond donors (Lipinski definition) is 2. The van der Waals surface area contributed by atoms with Gasteiger partial charge >= 0.3 is 0 Å². The maximum Gasteiger partial charge on any atom is 0.275 e. The Morgan fingerprint density at radius 2 is 1.93 bits per heavy atom. The molecule has 1 aromatic heterocycles. The van der Waals surface area contributed by atoms with Crippen LogP contribution < -0.4 is 20.1 Å². The van der Waals surface area contributed by atoms with Gasteiger partial charge < -0.3 is 15.0 Å². The summed E-state index contributed by atoms with van der Waals surface area (Å²) in [4.78, 5) is 19.5. The van der Waals surface area contributed by atoms with Crippen LogP contribution in [0.2, 0.25) is 0 Å². The Kier molecular flexibility index (Phi) is 6.86. The largest absolute Gasteiger partial charge is 0.385 e. The van der Waals surface area contributed by atoms with Crippen LogP contribution in [0.5, 0.6) is 0 Å². The summed E-state index contributed by atoms with van der Waals surface area (Å²) < 4.78 is 5.01. The number of aryl methyl sites for hydroxylation is 3. The van der Waals surface area contributed by atoms with Gasteiger partial charge in [0.05, 0.1) is 0 Å². The SMILES string of the molecule is COCCCNC(=O)C[NH+]1CCN(c2cc(C)c3cc(C)cc(C)c3[nH+]2)CC1. The van der Waals surface area contributed by atoms with Gasteiger partial charge in [0.25, 0.3) is 11.7 Å². The van der Waals surface area contributed by atoms with E-state index in [0.717, 1.165) is 32.6 Å². The van der Waals surface area contributed by atoms with Gasteiger partial charge in [-0.3, -0.25) is 9.69 Å². The molecule has 1 aliphatic rings. The molecule has 1 aliphatic heterocycles. The highest BCUT2D eigenvalue weighted by Crippen LogP contribution is 2.23. The highest BCUT2D eigenvalue weighted by Gasteiger charge is 2.28. The smallest absolute Gasteiger partial charge is 0.275 e. The number of aromatic amines is 1. The molecule has 0 bridgehead atoms. The molecule has 0 radical (unpaired) electrons. The second-order valence-corrected chi connectivity index (χ2v) is 7.95. The fourth-order valence-corrected chi connectivity index (χ4v) is 4.04. The van der Waals surface area contributed by atoms with E-state index >= 15 is 0 Å². The Labute approximate surface area is 167 Å². The van der Waals surface area contributed by atoms with Crippen molar-refractivity contribution in [3.8, 4) is 0 Å². The van der Waals surface area contributed by atoms with Crippen molar-refractivity contribution in [2.75, 3.05) is 57.9 Å². The number of quaternary nitrogens is 1. The average Bonchev–Trinajstić information content (AvgIpc) is 2.66. The number of piperazine rings is 1. The van der Waals surface area contributed by atoms with Gasteiger partial charge in [0, 0.05) is 31.7 Å². The molecule has 0 saturated carbocycles. The lowest BCUT2D eigenvalue weighted by atomic mass is 10.0. The van der Waals surface area contributed by atoms with Crippen molar-refractivity contribution in [2.24, 2.45) is 0 Å². The number of carbonyl (C=O) groups excluding carboxylic acids is 1. The summed E-state index contributed by atoms with van der Waals surface area (Å²) in [6.45, 7) is 12.3. The normalized spacial score (nSPS) is 15.2. The Morgan fingerprint density at radius 3 is 2.64 bits per heavy atom. The van der Waals surface area contributed by atoms with E-state index in [1.54, 1.807) is 7.11 Å². The highest BCUT2D eigenvalue weighted by atomic mass is 16.5. The average molecular weight is 387 g/mol. The lowest BCUT2D eigenvalue weighted by Gasteiger charge is -2.28. The third-order valence-corrected chi connectivity index (χ3v) is 5.58. The maximum absolute atomic E-state index is 12.1. The molecule has 0 unspecified atom stereocenters. The van der Waals surface area contributed by atoms with E-state index in [2.05, 4.69) is 54.2 Å². The number of carbonyl (C=O) groups is 1. The predicted octanol–water partition coefficient (Wildman–Crippen LogP) is 0.437. The van der Waals surface area contributed by atoms with Crippen molar-refractivity contribution >= 4 is 22.6 Å². The van der Waals surface area contributed by atoms with Gasteiger partial charge in [0.15, 0.2) is 6.54 Å². The number of methoxy groups -OCH3 is 1. The first-order chi connectivity index (χ1) is 13.5. The second-order valence-electron chi connectivity index (χ2n) is 7.95. The van der Waals surface area contributed by atoms with Crippen LogP contribution in [0.25, 0.3) is 10.9 Å². The van der Waals surface area contributed by atoms with Crippen LogP contribution in [0.1, 0.15) is 23.1 Å². The molecular formula is C22H34N4O2+2. The Hall–Kier alpha value is -2.18. The van der Waals surface area contributed by atoms with Gasteiger partial charge in [-0.05, 0) is 49.9 Å². The van der Waals surface area contributed by atoms with E-state index in [1.807, 2.05) is 0 Å². The van der Waals surface area contributed by atoms with E-state index in [4.69, 9.17) is 4.74 Å². The van der Waals surface area contributed by atoms with Crippen LogP contribution in [-0.4, -0.2) is 58.9 Å². The van der Waals surface area contributed by atoms with Crippen molar-refractivity contribution in [2.45, 2.75) is 27.2 Å².